The first-order valence-corrected chi connectivity index (χ1v) is 9.96. The number of benzene rings is 3. The molecule has 29 heavy (non-hydrogen) atoms. The number of halogens is 2. The molecule has 1 N–H and O–H groups in total. The lowest BCUT2D eigenvalue weighted by Crippen LogP contribution is -2.22. The van der Waals surface area contributed by atoms with Crippen LogP contribution >= 0.6 is 27.5 Å². The van der Waals surface area contributed by atoms with Gasteiger partial charge in [0.1, 0.15) is 5.82 Å². The SMILES string of the molecule is Cc1nc2ccccc2c(=O)n1-c1ccc(Cl)c(NC(=O)c2cccc(Br)c2)c1. The highest BCUT2D eigenvalue weighted by Gasteiger charge is 2.13. The Labute approximate surface area is 180 Å². The van der Waals surface area contributed by atoms with Gasteiger partial charge < -0.3 is 5.32 Å². The van der Waals surface area contributed by atoms with Gasteiger partial charge in [-0.05, 0) is 55.5 Å². The summed E-state index contributed by atoms with van der Waals surface area (Å²) in [7, 11) is 0. The lowest BCUT2D eigenvalue weighted by Gasteiger charge is -2.14. The molecule has 4 rings (SSSR count). The van der Waals surface area contributed by atoms with Crippen LogP contribution in [0.1, 0.15) is 16.2 Å². The van der Waals surface area contributed by atoms with Crippen LogP contribution in [0.2, 0.25) is 5.02 Å². The number of carbonyl (C=O) groups excluding carboxylic acids is 1. The van der Waals surface area contributed by atoms with E-state index < -0.39 is 0 Å². The maximum Gasteiger partial charge on any atom is 0.265 e. The molecule has 0 saturated carbocycles. The summed E-state index contributed by atoms with van der Waals surface area (Å²) in [5.74, 6) is 0.242. The van der Waals surface area contributed by atoms with E-state index in [4.69, 9.17) is 11.6 Å². The fourth-order valence-corrected chi connectivity index (χ4v) is 3.68. The van der Waals surface area contributed by atoms with Crippen LogP contribution < -0.4 is 10.9 Å². The van der Waals surface area contributed by atoms with Crippen LogP contribution in [0.15, 0.2) is 76.0 Å². The number of amides is 1. The normalized spacial score (nSPS) is 10.9. The van der Waals surface area contributed by atoms with E-state index in [0.29, 0.717) is 38.7 Å². The molecule has 0 bridgehead atoms. The zero-order valence-corrected chi connectivity index (χ0v) is 17.7. The van der Waals surface area contributed by atoms with E-state index in [1.54, 1.807) is 61.5 Å². The number of carbonyl (C=O) groups is 1. The van der Waals surface area contributed by atoms with Crippen LogP contribution in [0.25, 0.3) is 16.6 Å². The van der Waals surface area contributed by atoms with E-state index in [1.165, 1.54) is 4.57 Å². The molecule has 0 fully saturated rings. The smallest absolute Gasteiger partial charge is 0.265 e. The predicted molar refractivity (Wildman–Crippen MR) is 119 cm³/mol. The molecule has 0 unspecified atom stereocenters. The standard InChI is InChI=1S/C22H15BrClN3O2/c1-13-25-19-8-3-2-7-17(19)22(29)27(13)16-9-10-18(24)20(12-16)26-21(28)14-5-4-6-15(23)11-14/h2-12H,1H3,(H,26,28). The van der Waals surface area contributed by atoms with Crippen molar-refractivity contribution in [3.05, 3.63) is 98.0 Å². The molecule has 0 atom stereocenters. The fourth-order valence-electron chi connectivity index (χ4n) is 3.12. The summed E-state index contributed by atoms with van der Waals surface area (Å²) in [4.78, 5) is 30.1. The molecule has 0 aliphatic rings. The van der Waals surface area contributed by atoms with Crippen LogP contribution in [0.3, 0.4) is 0 Å². The molecule has 1 aromatic heterocycles. The van der Waals surface area contributed by atoms with Crippen molar-refractivity contribution in [2.75, 3.05) is 5.32 Å². The third-order valence-corrected chi connectivity index (χ3v) is 5.31. The predicted octanol–water partition coefficient (Wildman–Crippen LogP) is 5.36. The van der Waals surface area contributed by atoms with Gasteiger partial charge in [0.15, 0.2) is 0 Å². The molecule has 7 heteroatoms. The number of nitrogens with zero attached hydrogens (tertiary/aromatic N) is 2. The van der Waals surface area contributed by atoms with E-state index in [2.05, 4.69) is 26.2 Å². The van der Waals surface area contributed by atoms with Crippen molar-refractivity contribution in [1.29, 1.82) is 0 Å². The summed E-state index contributed by atoms with van der Waals surface area (Å²) in [6.07, 6.45) is 0. The summed E-state index contributed by atoms with van der Waals surface area (Å²) in [6.45, 7) is 1.77. The molecule has 0 radical (unpaired) electrons. The quantitative estimate of drug-likeness (QED) is 0.440. The molecule has 0 aliphatic carbocycles. The summed E-state index contributed by atoms with van der Waals surface area (Å²) in [6, 6.07) is 19.3. The Morgan fingerprint density at radius 2 is 1.86 bits per heavy atom. The van der Waals surface area contributed by atoms with Gasteiger partial charge in [0, 0.05) is 10.0 Å². The van der Waals surface area contributed by atoms with E-state index in [1.807, 2.05) is 12.1 Å². The van der Waals surface area contributed by atoms with Crippen molar-refractivity contribution in [2.45, 2.75) is 6.92 Å². The van der Waals surface area contributed by atoms with E-state index >= 15 is 0 Å². The van der Waals surface area contributed by atoms with Gasteiger partial charge in [0.05, 0.1) is 27.3 Å². The van der Waals surface area contributed by atoms with Crippen molar-refractivity contribution in [3.8, 4) is 5.69 Å². The molecule has 5 nitrogen and oxygen atoms in total. The monoisotopic (exact) mass is 467 g/mol. The number of rotatable bonds is 3. The molecule has 1 amide bonds. The second-order valence-electron chi connectivity index (χ2n) is 6.45. The highest BCUT2D eigenvalue weighted by atomic mass is 79.9. The largest absolute Gasteiger partial charge is 0.321 e. The Morgan fingerprint density at radius 3 is 2.66 bits per heavy atom. The van der Waals surface area contributed by atoms with Gasteiger partial charge in [-0.2, -0.15) is 0 Å². The highest BCUT2D eigenvalue weighted by molar-refractivity contribution is 9.10. The van der Waals surface area contributed by atoms with Crippen molar-refractivity contribution >= 4 is 50.0 Å². The average molecular weight is 469 g/mol. The fraction of sp³-hybridized carbons (Fsp3) is 0.0455. The lowest BCUT2D eigenvalue weighted by molar-refractivity contribution is 0.102. The number of hydrogen-bond donors (Lipinski definition) is 1. The Bertz CT molecular complexity index is 1320. The topological polar surface area (TPSA) is 64.0 Å². The van der Waals surface area contributed by atoms with Gasteiger partial charge in [-0.1, -0.05) is 45.7 Å². The minimum absolute atomic E-state index is 0.181. The van der Waals surface area contributed by atoms with E-state index in [-0.39, 0.29) is 11.5 Å². The molecule has 144 valence electrons. The summed E-state index contributed by atoms with van der Waals surface area (Å²) >= 11 is 9.65. The van der Waals surface area contributed by atoms with Crippen molar-refractivity contribution < 1.29 is 4.79 Å². The second kappa shape index (κ2) is 7.81. The van der Waals surface area contributed by atoms with Crippen LogP contribution in [0.5, 0.6) is 0 Å². The molecule has 3 aromatic carbocycles. The average Bonchev–Trinajstić information content (AvgIpc) is 2.70. The summed E-state index contributed by atoms with van der Waals surface area (Å²) in [5.41, 5.74) is 1.93. The Hall–Kier alpha value is -2.96. The van der Waals surface area contributed by atoms with Crippen molar-refractivity contribution in [1.82, 2.24) is 9.55 Å². The molecular weight excluding hydrogens is 454 g/mol. The molecular formula is C22H15BrClN3O2. The second-order valence-corrected chi connectivity index (χ2v) is 7.77. The first-order valence-electron chi connectivity index (χ1n) is 8.79. The third-order valence-electron chi connectivity index (χ3n) is 4.49. The zero-order valence-electron chi connectivity index (χ0n) is 15.3. The van der Waals surface area contributed by atoms with Crippen LogP contribution in [-0.4, -0.2) is 15.5 Å². The van der Waals surface area contributed by atoms with Crippen LogP contribution in [0, 0.1) is 6.92 Å². The maximum absolute atomic E-state index is 13.0. The van der Waals surface area contributed by atoms with Gasteiger partial charge in [-0.25, -0.2) is 4.98 Å². The van der Waals surface area contributed by atoms with Gasteiger partial charge in [-0.3, -0.25) is 14.2 Å². The molecule has 0 saturated heterocycles. The van der Waals surface area contributed by atoms with Crippen LogP contribution in [0.4, 0.5) is 5.69 Å². The maximum atomic E-state index is 13.0. The molecule has 4 aromatic rings. The first kappa shape index (κ1) is 19.4. The zero-order chi connectivity index (χ0) is 20.5. The minimum Gasteiger partial charge on any atom is -0.321 e. The van der Waals surface area contributed by atoms with Gasteiger partial charge in [0.2, 0.25) is 0 Å². The lowest BCUT2D eigenvalue weighted by atomic mass is 10.2. The van der Waals surface area contributed by atoms with Gasteiger partial charge in [-0.15, -0.1) is 0 Å². The number of nitrogens with one attached hydrogen (secondary N) is 1. The number of fused-ring (bicyclic) bond motifs is 1. The number of anilines is 1. The summed E-state index contributed by atoms with van der Waals surface area (Å²) < 4.78 is 2.31. The number of hydrogen-bond acceptors (Lipinski definition) is 3. The van der Waals surface area contributed by atoms with Crippen molar-refractivity contribution in [3.63, 3.8) is 0 Å². The highest BCUT2D eigenvalue weighted by Crippen LogP contribution is 2.26. The van der Waals surface area contributed by atoms with Gasteiger partial charge in [0.25, 0.3) is 11.5 Å². The minimum atomic E-state index is -0.300. The Morgan fingerprint density at radius 1 is 1.07 bits per heavy atom. The Kier molecular flexibility index (Phi) is 5.22. The summed E-state index contributed by atoms with van der Waals surface area (Å²) in [5, 5.41) is 3.71. The molecule has 0 aliphatic heterocycles. The third kappa shape index (κ3) is 3.81. The van der Waals surface area contributed by atoms with Crippen LogP contribution in [-0.2, 0) is 0 Å². The number of aryl methyl sites for hydroxylation is 1. The first-order chi connectivity index (χ1) is 13.9. The molecule has 1 heterocycles. The molecule has 0 spiro atoms. The van der Waals surface area contributed by atoms with Crippen molar-refractivity contribution in [2.24, 2.45) is 0 Å². The number of para-hydroxylation sites is 1. The Balaban J connectivity index is 1.77. The number of aromatic nitrogens is 2. The van der Waals surface area contributed by atoms with E-state index in [0.717, 1.165) is 4.47 Å². The van der Waals surface area contributed by atoms with Gasteiger partial charge >= 0.3 is 0 Å². The van der Waals surface area contributed by atoms with E-state index in [9.17, 15) is 9.59 Å².